The Morgan fingerprint density at radius 1 is 0.769 bits per heavy atom. The maximum absolute atomic E-state index is 12.1. The summed E-state index contributed by atoms with van der Waals surface area (Å²) in [6.45, 7) is 0. The molecule has 132 valence electrons. The number of carbonyl (C=O) groups is 2. The number of phenols is 4. The molecule has 1 aliphatic heterocycles. The highest BCUT2D eigenvalue weighted by atomic mass is 16.6. The summed E-state index contributed by atoms with van der Waals surface area (Å²) in [5.74, 6) is -5.15. The minimum Gasteiger partial charge on any atom is -0.504 e. The third kappa shape index (κ3) is 2.91. The van der Waals surface area contributed by atoms with E-state index in [1.165, 1.54) is 24.3 Å². The minimum absolute atomic E-state index is 0.00102. The minimum atomic E-state index is -1.25. The molecular formula is C18H12O8. The first-order chi connectivity index (χ1) is 12.3. The number of ketones is 1. The molecule has 2 aromatic carbocycles. The Bertz CT molecular complexity index is 1000. The second-order valence-corrected chi connectivity index (χ2v) is 5.40. The first kappa shape index (κ1) is 16.9. The van der Waals surface area contributed by atoms with Crippen LogP contribution in [-0.2, 0) is 14.3 Å². The SMILES string of the molecule is O=C1O/C(=C/c2ccc(O)c(O)c2)C(O)=C(c2ccc(O)c(O)c2)C1=O. The predicted octanol–water partition coefficient (Wildman–Crippen LogP) is 1.95. The van der Waals surface area contributed by atoms with Gasteiger partial charge in [-0.1, -0.05) is 12.1 Å². The van der Waals surface area contributed by atoms with E-state index in [4.69, 9.17) is 4.74 Å². The fourth-order valence-corrected chi connectivity index (χ4v) is 2.35. The Kier molecular flexibility index (Phi) is 4.01. The molecule has 1 aliphatic rings. The summed E-state index contributed by atoms with van der Waals surface area (Å²) in [6, 6.07) is 7.08. The summed E-state index contributed by atoms with van der Waals surface area (Å²) >= 11 is 0. The van der Waals surface area contributed by atoms with Crippen LogP contribution < -0.4 is 0 Å². The van der Waals surface area contributed by atoms with Crippen LogP contribution in [0.3, 0.4) is 0 Å². The van der Waals surface area contributed by atoms with Crippen molar-refractivity contribution in [2.24, 2.45) is 0 Å². The van der Waals surface area contributed by atoms with E-state index in [1.54, 1.807) is 0 Å². The molecule has 1 heterocycles. The third-order valence-electron chi connectivity index (χ3n) is 3.65. The van der Waals surface area contributed by atoms with E-state index in [-0.39, 0.29) is 22.6 Å². The Morgan fingerprint density at radius 2 is 1.38 bits per heavy atom. The molecule has 8 heteroatoms. The van der Waals surface area contributed by atoms with Gasteiger partial charge in [-0.05, 0) is 41.5 Å². The number of rotatable bonds is 2. The normalized spacial score (nSPS) is 16.1. The van der Waals surface area contributed by atoms with Gasteiger partial charge in [-0.25, -0.2) is 4.79 Å². The number of phenolic OH excluding ortho intramolecular Hbond substituents is 4. The molecule has 0 saturated carbocycles. The topological polar surface area (TPSA) is 145 Å². The van der Waals surface area contributed by atoms with E-state index in [1.807, 2.05) is 0 Å². The number of benzene rings is 2. The van der Waals surface area contributed by atoms with E-state index in [2.05, 4.69) is 0 Å². The number of hydrogen-bond donors (Lipinski definition) is 5. The maximum Gasteiger partial charge on any atom is 0.385 e. The Hall–Kier alpha value is -3.94. The molecule has 0 aromatic heterocycles. The van der Waals surface area contributed by atoms with Gasteiger partial charge in [-0.15, -0.1) is 0 Å². The van der Waals surface area contributed by atoms with Crippen molar-refractivity contribution < 1.29 is 39.9 Å². The smallest absolute Gasteiger partial charge is 0.385 e. The number of aromatic hydroxyl groups is 4. The van der Waals surface area contributed by atoms with Crippen molar-refractivity contribution in [2.45, 2.75) is 0 Å². The average molecular weight is 356 g/mol. The fraction of sp³-hybridized carbons (Fsp3) is 0. The maximum atomic E-state index is 12.1. The zero-order chi connectivity index (χ0) is 19.0. The summed E-state index contributed by atoms with van der Waals surface area (Å²) in [6.07, 6.45) is 1.18. The average Bonchev–Trinajstić information content (AvgIpc) is 2.59. The standard InChI is InChI=1S/C18H12O8/c19-10-3-1-8(5-12(10)21)6-14-16(23)15(17(24)18(25)26-14)9-2-4-11(20)13(22)7-9/h1-7,19-23H/b14-6+. The second-order valence-electron chi connectivity index (χ2n) is 5.40. The van der Waals surface area contributed by atoms with Crippen molar-refractivity contribution in [3.05, 3.63) is 59.0 Å². The molecule has 0 aliphatic carbocycles. The predicted molar refractivity (Wildman–Crippen MR) is 88.2 cm³/mol. The second kappa shape index (κ2) is 6.17. The van der Waals surface area contributed by atoms with Gasteiger partial charge in [0.15, 0.2) is 34.5 Å². The van der Waals surface area contributed by atoms with E-state index >= 15 is 0 Å². The van der Waals surface area contributed by atoms with Gasteiger partial charge < -0.3 is 30.3 Å². The summed E-state index contributed by atoms with van der Waals surface area (Å²) in [5.41, 5.74) is -0.137. The summed E-state index contributed by atoms with van der Waals surface area (Å²) < 4.78 is 4.80. The zero-order valence-corrected chi connectivity index (χ0v) is 13.0. The van der Waals surface area contributed by atoms with E-state index in [0.717, 1.165) is 18.2 Å². The van der Waals surface area contributed by atoms with Crippen molar-refractivity contribution >= 4 is 23.4 Å². The number of esters is 1. The van der Waals surface area contributed by atoms with Gasteiger partial charge in [-0.2, -0.15) is 0 Å². The van der Waals surface area contributed by atoms with Crippen molar-refractivity contribution in [3.8, 4) is 23.0 Å². The van der Waals surface area contributed by atoms with E-state index < -0.39 is 40.3 Å². The van der Waals surface area contributed by atoms with Crippen LogP contribution in [0.5, 0.6) is 23.0 Å². The summed E-state index contributed by atoms with van der Waals surface area (Å²) in [5, 5.41) is 48.1. The lowest BCUT2D eigenvalue weighted by Crippen LogP contribution is -2.25. The number of aliphatic hydroxyl groups is 1. The molecule has 0 unspecified atom stereocenters. The van der Waals surface area contributed by atoms with Crippen LogP contribution in [0.15, 0.2) is 47.9 Å². The lowest BCUT2D eigenvalue weighted by atomic mass is 9.97. The van der Waals surface area contributed by atoms with Gasteiger partial charge in [0.1, 0.15) is 0 Å². The lowest BCUT2D eigenvalue weighted by Gasteiger charge is -2.18. The molecule has 0 amide bonds. The van der Waals surface area contributed by atoms with Crippen LogP contribution in [0.2, 0.25) is 0 Å². The van der Waals surface area contributed by atoms with Gasteiger partial charge in [-0.3, -0.25) is 4.79 Å². The summed E-state index contributed by atoms with van der Waals surface area (Å²) in [4.78, 5) is 23.9. The van der Waals surface area contributed by atoms with Crippen molar-refractivity contribution in [3.63, 3.8) is 0 Å². The highest BCUT2D eigenvalue weighted by molar-refractivity contribution is 6.53. The quantitative estimate of drug-likeness (QED) is 0.312. The largest absolute Gasteiger partial charge is 0.504 e. The van der Waals surface area contributed by atoms with Crippen molar-refractivity contribution in [1.82, 2.24) is 0 Å². The molecule has 0 fully saturated rings. The van der Waals surface area contributed by atoms with Crippen LogP contribution >= 0.6 is 0 Å². The van der Waals surface area contributed by atoms with Gasteiger partial charge >= 0.3 is 5.97 Å². The molecule has 0 radical (unpaired) electrons. The van der Waals surface area contributed by atoms with E-state index in [9.17, 15) is 35.1 Å². The third-order valence-corrected chi connectivity index (χ3v) is 3.65. The number of aliphatic hydroxyl groups excluding tert-OH is 1. The number of Topliss-reactive ketones (excluding diaryl/α,β-unsaturated/α-hetero) is 1. The molecule has 0 spiro atoms. The molecule has 3 rings (SSSR count). The number of hydrogen-bond acceptors (Lipinski definition) is 8. The van der Waals surface area contributed by atoms with Crippen LogP contribution in [0.4, 0.5) is 0 Å². The van der Waals surface area contributed by atoms with Gasteiger partial charge in [0, 0.05) is 0 Å². The van der Waals surface area contributed by atoms with Crippen LogP contribution in [-0.4, -0.2) is 37.3 Å². The van der Waals surface area contributed by atoms with Crippen molar-refractivity contribution in [2.75, 3.05) is 0 Å². The lowest BCUT2D eigenvalue weighted by molar-refractivity contribution is -0.149. The Morgan fingerprint density at radius 3 is 2.00 bits per heavy atom. The molecule has 0 atom stereocenters. The first-order valence-electron chi connectivity index (χ1n) is 7.24. The molecule has 8 nitrogen and oxygen atoms in total. The van der Waals surface area contributed by atoms with Gasteiger partial charge in [0.2, 0.25) is 0 Å². The molecule has 2 aromatic rings. The number of ether oxygens (including phenoxy) is 1. The molecule has 26 heavy (non-hydrogen) atoms. The molecule has 5 N–H and O–H groups in total. The molecule has 0 saturated heterocycles. The van der Waals surface area contributed by atoms with Crippen LogP contribution in [0.1, 0.15) is 11.1 Å². The Labute approximate surface area is 146 Å². The highest BCUT2D eigenvalue weighted by Gasteiger charge is 2.34. The van der Waals surface area contributed by atoms with Gasteiger partial charge in [0.25, 0.3) is 5.78 Å². The van der Waals surface area contributed by atoms with Gasteiger partial charge in [0.05, 0.1) is 5.57 Å². The monoisotopic (exact) mass is 356 g/mol. The first-order valence-corrected chi connectivity index (χ1v) is 7.24. The van der Waals surface area contributed by atoms with Crippen molar-refractivity contribution in [1.29, 1.82) is 0 Å². The molecular weight excluding hydrogens is 344 g/mol. The van der Waals surface area contributed by atoms with E-state index in [0.29, 0.717) is 0 Å². The number of carbonyl (C=O) groups excluding carboxylic acids is 2. The summed E-state index contributed by atoms with van der Waals surface area (Å²) in [7, 11) is 0. The zero-order valence-electron chi connectivity index (χ0n) is 13.0. The highest BCUT2D eigenvalue weighted by Crippen LogP contribution is 2.35. The fourth-order valence-electron chi connectivity index (χ4n) is 2.35. The van der Waals surface area contributed by atoms with Crippen LogP contribution in [0, 0.1) is 0 Å². The number of cyclic esters (lactones) is 1. The Balaban J connectivity index is 2.14. The van der Waals surface area contributed by atoms with Crippen LogP contribution in [0.25, 0.3) is 11.6 Å². The molecule has 0 bridgehead atoms.